The Balaban J connectivity index is 0.000000490. The van der Waals surface area contributed by atoms with Crippen LogP contribution in [0.25, 0.3) is 5.32 Å². The summed E-state index contributed by atoms with van der Waals surface area (Å²) in [4.78, 5) is 0. The number of hydrogen-bond acceptors (Lipinski definition) is 3. The van der Waals surface area contributed by atoms with E-state index in [4.69, 9.17) is 5.11 Å². The Morgan fingerprint density at radius 3 is 2.62 bits per heavy atom. The molecule has 5 heteroatoms. The van der Waals surface area contributed by atoms with Crippen LogP contribution in [0.15, 0.2) is 0 Å². The summed E-state index contributed by atoms with van der Waals surface area (Å²) in [6.07, 6.45) is 0. The maximum atomic E-state index is 8.68. The van der Waals surface area contributed by atoms with Gasteiger partial charge in [-0.3, -0.25) is 0 Å². The fourth-order valence-electron chi connectivity index (χ4n) is 0.344. The van der Waals surface area contributed by atoms with E-state index in [2.05, 4.69) is 17.5 Å². The fourth-order valence-corrected chi connectivity index (χ4v) is 1.28. The number of thiocarbonyl (C=S) groups is 1. The number of aliphatic hydroxyl groups is 1. The van der Waals surface area contributed by atoms with Crippen molar-refractivity contribution in [1.82, 2.24) is 0 Å². The predicted molar refractivity (Wildman–Crippen MR) is 34.4 cm³/mol. The molecule has 1 aliphatic rings. The quantitative estimate of drug-likeness (QED) is 0.466. The second-order valence-corrected chi connectivity index (χ2v) is 2.99. The molecule has 0 saturated carbocycles. The van der Waals surface area contributed by atoms with Gasteiger partial charge in [-0.1, -0.05) is 18.8 Å². The van der Waals surface area contributed by atoms with E-state index < -0.39 is 0 Å². The molecule has 1 fully saturated rings. The first-order chi connectivity index (χ1) is 3.29. The zero-order chi connectivity index (χ0) is 5.28. The Hall–Kier alpha value is 2.01. The summed E-state index contributed by atoms with van der Waals surface area (Å²) in [6, 6.07) is 0. The van der Waals surface area contributed by atoms with E-state index in [-0.39, 0.29) is 63.6 Å². The molecule has 1 saturated heterocycles. The maximum Gasteiger partial charge on any atom is 1.00 e. The van der Waals surface area contributed by atoms with Crippen molar-refractivity contribution < 1.29 is 63.3 Å². The molecule has 1 aliphatic heterocycles. The summed E-state index contributed by atoms with van der Waals surface area (Å²) in [7, 11) is 0. The molecular weight excluding hydrogens is 216 g/mol. The summed E-state index contributed by atoms with van der Waals surface area (Å²) in [6.45, 7) is 0.476. The molecular formula is C3H4NORbS2. The zero-order valence-corrected chi connectivity index (χ0v) is 11.0. The summed E-state index contributed by atoms with van der Waals surface area (Å²) in [5.74, 6) is 0. The van der Waals surface area contributed by atoms with Crippen molar-refractivity contribution in [2.24, 2.45) is 0 Å². The molecule has 0 spiro atoms. The van der Waals surface area contributed by atoms with Crippen LogP contribution in [0.1, 0.15) is 0 Å². The molecule has 1 atom stereocenters. The minimum atomic E-state index is -0.368. The van der Waals surface area contributed by atoms with Crippen LogP contribution >= 0.6 is 24.0 Å². The first-order valence-electron chi connectivity index (χ1n) is 1.85. The van der Waals surface area contributed by atoms with Crippen molar-refractivity contribution >= 4 is 28.3 Å². The van der Waals surface area contributed by atoms with Crippen molar-refractivity contribution in [3.63, 3.8) is 0 Å². The molecule has 0 bridgehead atoms. The van der Waals surface area contributed by atoms with Gasteiger partial charge in [0.2, 0.25) is 0 Å². The van der Waals surface area contributed by atoms with Crippen LogP contribution in [0.2, 0.25) is 0 Å². The number of rotatable bonds is 0. The van der Waals surface area contributed by atoms with Crippen LogP contribution in [0.5, 0.6) is 0 Å². The van der Waals surface area contributed by atoms with Gasteiger partial charge in [0.25, 0.3) is 0 Å². The normalized spacial score (nSPS) is 26.6. The summed E-state index contributed by atoms with van der Waals surface area (Å²) in [5.41, 5.74) is -0.368. The Morgan fingerprint density at radius 2 is 2.50 bits per heavy atom. The van der Waals surface area contributed by atoms with Crippen molar-refractivity contribution in [2.75, 3.05) is 6.54 Å². The third-order valence-corrected chi connectivity index (χ3v) is 1.78. The first-order valence-corrected chi connectivity index (χ1v) is 3.14. The van der Waals surface area contributed by atoms with Crippen LogP contribution in [-0.2, 0) is 0 Å². The molecule has 0 aromatic carbocycles. The zero-order valence-electron chi connectivity index (χ0n) is 4.50. The summed E-state index contributed by atoms with van der Waals surface area (Å²) in [5, 5.41) is 12.4. The van der Waals surface area contributed by atoms with Gasteiger partial charge in [-0.15, -0.1) is 11.8 Å². The van der Waals surface area contributed by atoms with Crippen molar-refractivity contribution in [2.45, 2.75) is 5.44 Å². The largest absolute Gasteiger partial charge is 1.00 e. The number of aliphatic hydroxyl groups excluding tert-OH is 1. The average molecular weight is 220 g/mol. The van der Waals surface area contributed by atoms with E-state index in [0.29, 0.717) is 10.9 Å². The third-order valence-electron chi connectivity index (χ3n) is 0.613. The Labute approximate surface area is 107 Å². The molecule has 0 amide bonds. The van der Waals surface area contributed by atoms with Crippen LogP contribution in [0, 0.1) is 0 Å². The molecule has 2 nitrogen and oxygen atoms in total. The molecule has 0 aromatic heterocycles. The van der Waals surface area contributed by atoms with Gasteiger partial charge < -0.3 is 10.4 Å². The topological polar surface area (TPSA) is 34.3 Å². The van der Waals surface area contributed by atoms with Crippen LogP contribution in [0.3, 0.4) is 0 Å². The van der Waals surface area contributed by atoms with E-state index in [9.17, 15) is 0 Å². The van der Waals surface area contributed by atoms with Gasteiger partial charge in [0, 0.05) is 0 Å². The molecule has 40 valence electrons. The SMILES string of the molecule is OC1C[N-]C(=S)S1.[Rb+]. The average Bonchev–Trinajstić information content (AvgIpc) is 1.87. The smallest absolute Gasteiger partial charge is 0.667 e. The molecule has 1 N–H and O–H groups in total. The number of nitrogens with zero attached hydrogens (tertiary/aromatic N) is 1. The second-order valence-electron chi connectivity index (χ2n) is 1.18. The first kappa shape index (κ1) is 10.0. The summed E-state index contributed by atoms with van der Waals surface area (Å²) >= 11 is 5.87. The third kappa shape index (κ3) is 3.24. The molecule has 8 heavy (non-hydrogen) atoms. The standard InChI is InChI=1S/C3H5NOS2.Rb/c5-2-1-4-3(6)7-2;/h2,5H,1H2,(H,4,6);/q;+1/p-1. The van der Waals surface area contributed by atoms with E-state index in [1.807, 2.05) is 0 Å². The van der Waals surface area contributed by atoms with Crippen molar-refractivity contribution in [3.8, 4) is 0 Å². The van der Waals surface area contributed by atoms with Gasteiger partial charge in [0.05, 0.1) is 5.44 Å². The Kier molecular flexibility index (Phi) is 5.96. The van der Waals surface area contributed by atoms with Gasteiger partial charge >= 0.3 is 58.2 Å². The molecule has 1 rings (SSSR count). The van der Waals surface area contributed by atoms with E-state index in [0.717, 1.165) is 0 Å². The van der Waals surface area contributed by atoms with Crippen LogP contribution < -0.4 is 58.2 Å². The molecule has 0 radical (unpaired) electrons. The summed E-state index contributed by atoms with van der Waals surface area (Å²) < 4.78 is 0.576. The second kappa shape index (κ2) is 4.76. The molecule has 0 aliphatic carbocycles. The van der Waals surface area contributed by atoms with Gasteiger partial charge in [-0.2, -0.15) is 0 Å². The number of thioether (sulfide) groups is 1. The minimum absolute atomic E-state index is 0. The van der Waals surface area contributed by atoms with E-state index >= 15 is 0 Å². The monoisotopic (exact) mass is 219 g/mol. The van der Waals surface area contributed by atoms with E-state index in [1.54, 1.807) is 0 Å². The fraction of sp³-hybridized carbons (Fsp3) is 0.667. The van der Waals surface area contributed by atoms with Gasteiger partial charge in [0.15, 0.2) is 0 Å². The van der Waals surface area contributed by atoms with Crippen molar-refractivity contribution in [3.05, 3.63) is 5.32 Å². The maximum absolute atomic E-state index is 8.68. The Bertz CT molecular complexity index is 99.3. The molecule has 1 unspecified atom stereocenters. The van der Waals surface area contributed by atoms with Gasteiger partial charge in [-0.25, -0.2) is 0 Å². The minimum Gasteiger partial charge on any atom is -0.667 e. The Morgan fingerprint density at radius 1 is 1.88 bits per heavy atom. The van der Waals surface area contributed by atoms with Gasteiger partial charge in [0.1, 0.15) is 0 Å². The predicted octanol–water partition coefficient (Wildman–Crippen LogP) is -2.29. The molecule has 0 aromatic rings. The molecule has 1 heterocycles. The van der Waals surface area contributed by atoms with Gasteiger partial charge in [-0.05, 0) is 4.32 Å². The number of hydrogen-bond donors (Lipinski definition) is 1. The van der Waals surface area contributed by atoms with Crippen LogP contribution in [0.4, 0.5) is 0 Å². The van der Waals surface area contributed by atoms with Crippen molar-refractivity contribution in [1.29, 1.82) is 0 Å². The van der Waals surface area contributed by atoms with E-state index in [1.165, 1.54) is 11.8 Å². The van der Waals surface area contributed by atoms with Crippen LogP contribution in [-0.4, -0.2) is 21.4 Å².